The van der Waals surface area contributed by atoms with Gasteiger partial charge in [-0.2, -0.15) is 0 Å². The minimum absolute atomic E-state index is 0. The van der Waals surface area contributed by atoms with E-state index in [0.29, 0.717) is 0 Å². The van der Waals surface area contributed by atoms with Gasteiger partial charge in [0, 0.05) is 6.42 Å². The van der Waals surface area contributed by atoms with Crippen LogP contribution >= 0.6 is 0 Å². The van der Waals surface area contributed by atoms with E-state index in [-0.39, 0.29) is 17.0 Å². The van der Waals surface area contributed by atoms with E-state index >= 15 is 0 Å². The summed E-state index contributed by atoms with van der Waals surface area (Å²) in [4.78, 5) is 1.49. The zero-order valence-electron chi connectivity index (χ0n) is 8.89. The van der Waals surface area contributed by atoms with Crippen LogP contribution in [0.25, 0.3) is 6.08 Å². The van der Waals surface area contributed by atoms with Crippen molar-refractivity contribution >= 4 is 6.08 Å². The van der Waals surface area contributed by atoms with Crippen LogP contribution in [0.1, 0.15) is 11.1 Å². The molecule has 0 spiro atoms. The van der Waals surface area contributed by atoms with E-state index in [9.17, 15) is 0 Å². The second-order valence-corrected chi connectivity index (χ2v) is 3.65. The minimum Gasteiger partial charge on any atom is -1.00 e. The average molecular weight is 256 g/mol. The molecule has 1 nitrogen and oxygen atoms in total. The summed E-state index contributed by atoms with van der Waals surface area (Å²) in [6.07, 6.45) is 3.03. The Bertz CT molecular complexity index is 264. The van der Waals surface area contributed by atoms with Crippen LogP contribution in [0.3, 0.4) is 0 Å². The van der Waals surface area contributed by atoms with E-state index < -0.39 is 0 Å². The number of hydrogen-bond donors (Lipinski definition) is 1. The van der Waals surface area contributed by atoms with Crippen LogP contribution < -0.4 is 21.9 Å². The molecule has 78 valence electrons. The molecule has 0 saturated heterocycles. The third-order valence-corrected chi connectivity index (χ3v) is 2.13. The van der Waals surface area contributed by atoms with Gasteiger partial charge in [-0.3, -0.25) is 0 Å². The van der Waals surface area contributed by atoms with Crippen LogP contribution in [0.4, 0.5) is 0 Å². The van der Waals surface area contributed by atoms with Crippen molar-refractivity contribution in [3.8, 4) is 0 Å². The minimum atomic E-state index is 0. The highest BCUT2D eigenvalue weighted by atomic mass is 79.9. The molecule has 0 aliphatic heterocycles. The Morgan fingerprint density at radius 3 is 2.21 bits per heavy atom. The Morgan fingerprint density at radius 2 is 1.79 bits per heavy atom. The highest BCUT2D eigenvalue weighted by Crippen LogP contribution is 2.05. The van der Waals surface area contributed by atoms with Crippen LogP contribution in [-0.2, 0) is 6.42 Å². The first-order chi connectivity index (χ1) is 6.22. The summed E-state index contributed by atoms with van der Waals surface area (Å²) < 4.78 is 0. The van der Waals surface area contributed by atoms with E-state index in [0.717, 1.165) is 6.42 Å². The molecular formula is C12H18BrN. The van der Waals surface area contributed by atoms with Gasteiger partial charge in [0.1, 0.15) is 0 Å². The predicted octanol–water partition coefficient (Wildman–Crippen LogP) is -1.98. The van der Waals surface area contributed by atoms with E-state index in [4.69, 9.17) is 0 Å². The summed E-state index contributed by atoms with van der Waals surface area (Å²) in [5, 5.41) is 0. The van der Waals surface area contributed by atoms with Crippen molar-refractivity contribution in [1.82, 2.24) is 0 Å². The Morgan fingerprint density at radius 1 is 1.21 bits per heavy atom. The van der Waals surface area contributed by atoms with Crippen molar-refractivity contribution in [2.75, 3.05) is 20.6 Å². The SMILES string of the molecule is C=Cc1ccc(CC[NH+](C)C)cc1.[Br-]. The summed E-state index contributed by atoms with van der Waals surface area (Å²) in [6.45, 7) is 4.92. The van der Waals surface area contributed by atoms with Crippen molar-refractivity contribution in [1.29, 1.82) is 0 Å². The van der Waals surface area contributed by atoms with Crippen LogP contribution in [0, 0.1) is 0 Å². The first kappa shape index (κ1) is 13.4. The lowest BCUT2D eigenvalue weighted by molar-refractivity contribution is -0.858. The van der Waals surface area contributed by atoms with Gasteiger partial charge in [0.15, 0.2) is 0 Å². The first-order valence-corrected chi connectivity index (χ1v) is 4.73. The van der Waals surface area contributed by atoms with Crippen molar-refractivity contribution < 1.29 is 21.9 Å². The summed E-state index contributed by atoms with van der Waals surface area (Å²) >= 11 is 0. The van der Waals surface area contributed by atoms with Gasteiger partial charge in [-0.1, -0.05) is 36.9 Å². The third kappa shape index (κ3) is 4.58. The zero-order chi connectivity index (χ0) is 9.68. The first-order valence-electron chi connectivity index (χ1n) is 4.73. The lowest BCUT2D eigenvalue weighted by Crippen LogP contribution is -3.05. The molecule has 0 amide bonds. The van der Waals surface area contributed by atoms with E-state index in [1.165, 1.54) is 22.6 Å². The van der Waals surface area contributed by atoms with Crippen molar-refractivity contribution in [3.63, 3.8) is 0 Å². The van der Waals surface area contributed by atoms with Gasteiger partial charge < -0.3 is 21.9 Å². The topological polar surface area (TPSA) is 4.44 Å². The molecule has 0 heterocycles. The maximum Gasteiger partial charge on any atom is 0.0807 e. The molecule has 0 atom stereocenters. The highest BCUT2D eigenvalue weighted by Gasteiger charge is 1.96. The second kappa shape index (κ2) is 6.80. The maximum atomic E-state index is 3.73. The Labute approximate surface area is 97.2 Å². The van der Waals surface area contributed by atoms with Crippen LogP contribution in [-0.4, -0.2) is 20.6 Å². The molecule has 1 rings (SSSR count). The molecule has 1 aromatic carbocycles. The Hall–Kier alpha value is -0.600. The lowest BCUT2D eigenvalue weighted by Gasteiger charge is -2.06. The molecule has 2 heteroatoms. The third-order valence-electron chi connectivity index (χ3n) is 2.13. The Kier molecular flexibility index (Phi) is 6.50. The summed E-state index contributed by atoms with van der Waals surface area (Å²) in [6, 6.07) is 8.60. The fourth-order valence-electron chi connectivity index (χ4n) is 1.21. The number of hydrogen-bond acceptors (Lipinski definition) is 0. The molecule has 0 aliphatic carbocycles. The largest absolute Gasteiger partial charge is 1.00 e. The van der Waals surface area contributed by atoms with E-state index in [2.05, 4.69) is 44.9 Å². The molecule has 14 heavy (non-hydrogen) atoms. The summed E-state index contributed by atoms with van der Waals surface area (Å²) in [7, 11) is 4.36. The predicted molar refractivity (Wildman–Crippen MR) is 57.9 cm³/mol. The lowest BCUT2D eigenvalue weighted by atomic mass is 10.1. The zero-order valence-corrected chi connectivity index (χ0v) is 10.5. The number of halogens is 1. The smallest absolute Gasteiger partial charge is 0.0807 e. The van der Waals surface area contributed by atoms with Crippen LogP contribution in [0.5, 0.6) is 0 Å². The molecule has 0 fully saturated rings. The number of benzene rings is 1. The molecule has 1 aromatic rings. The molecule has 0 unspecified atom stereocenters. The van der Waals surface area contributed by atoms with Gasteiger partial charge in [-0.05, 0) is 11.1 Å². The van der Waals surface area contributed by atoms with E-state index in [1.807, 2.05) is 6.08 Å². The fourth-order valence-corrected chi connectivity index (χ4v) is 1.21. The molecule has 0 radical (unpaired) electrons. The highest BCUT2D eigenvalue weighted by molar-refractivity contribution is 5.47. The molecule has 0 saturated carbocycles. The molecule has 0 aromatic heterocycles. The van der Waals surface area contributed by atoms with Gasteiger partial charge in [-0.15, -0.1) is 0 Å². The van der Waals surface area contributed by atoms with Crippen molar-refractivity contribution in [2.45, 2.75) is 6.42 Å². The normalized spacial score (nSPS) is 9.64. The van der Waals surface area contributed by atoms with Gasteiger partial charge in [0.05, 0.1) is 20.6 Å². The standard InChI is InChI=1S/C12H17N.BrH/c1-4-11-5-7-12(8-6-11)9-10-13(2)3;/h4-8H,1,9-10H2,2-3H3;1H. The monoisotopic (exact) mass is 255 g/mol. The van der Waals surface area contributed by atoms with Crippen LogP contribution in [0.2, 0.25) is 0 Å². The van der Waals surface area contributed by atoms with Gasteiger partial charge in [-0.25, -0.2) is 0 Å². The molecule has 0 bridgehead atoms. The molecule has 1 N–H and O–H groups in total. The van der Waals surface area contributed by atoms with Crippen molar-refractivity contribution in [2.24, 2.45) is 0 Å². The van der Waals surface area contributed by atoms with Gasteiger partial charge >= 0.3 is 0 Å². The van der Waals surface area contributed by atoms with Gasteiger partial charge in [0.25, 0.3) is 0 Å². The molecular weight excluding hydrogens is 238 g/mol. The fraction of sp³-hybridized carbons (Fsp3) is 0.333. The Balaban J connectivity index is 0.00000169. The maximum absolute atomic E-state index is 3.73. The number of nitrogens with one attached hydrogen (secondary N) is 1. The number of likely N-dealkylation sites (N-methyl/N-ethyl adjacent to an activating group) is 1. The van der Waals surface area contributed by atoms with Gasteiger partial charge in [0.2, 0.25) is 0 Å². The molecule has 0 aliphatic rings. The van der Waals surface area contributed by atoms with E-state index in [1.54, 1.807) is 0 Å². The van der Waals surface area contributed by atoms with Crippen molar-refractivity contribution in [3.05, 3.63) is 42.0 Å². The second-order valence-electron chi connectivity index (χ2n) is 3.65. The summed E-state index contributed by atoms with van der Waals surface area (Å²) in [5.74, 6) is 0. The van der Waals surface area contributed by atoms with Crippen LogP contribution in [0.15, 0.2) is 30.8 Å². The summed E-state index contributed by atoms with van der Waals surface area (Å²) in [5.41, 5.74) is 2.60. The number of rotatable bonds is 4. The quantitative estimate of drug-likeness (QED) is 0.637. The number of quaternary nitrogens is 1. The average Bonchev–Trinajstić information content (AvgIpc) is 2.15.